The van der Waals surface area contributed by atoms with E-state index in [1.165, 1.54) is 30.4 Å². The number of piperidine rings is 1. The van der Waals surface area contributed by atoms with E-state index < -0.39 is 17.8 Å². The third-order valence-electron chi connectivity index (χ3n) is 7.87. The number of benzene rings is 3. The number of urea groups is 1. The van der Waals surface area contributed by atoms with Gasteiger partial charge in [-0.3, -0.25) is 9.78 Å². The second-order valence-corrected chi connectivity index (χ2v) is 11.0. The zero-order valence-electron chi connectivity index (χ0n) is 25.4. The van der Waals surface area contributed by atoms with Crippen molar-refractivity contribution >= 4 is 28.5 Å². The summed E-state index contributed by atoms with van der Waals surface area (Å²) in [6.07, 6.45) is 4.42. The van der Waals surface area contributed by atoms with Crippen molar-refractivity contribution in [3.63, 3.8) is 0 Å². The second-order valence-electron chi connectivity index (χ2n) is 11.0. The van der Waals surface area contributed by atoms with Crippen molar-refractivity contribution in [2.45, 2.75) is 26.2 Å². The van der Waals surface area contributed by atoms with Crippen molar-refractivity contribution in [1.29, 1.82) is 0 Å². The molecule has 1 saturated heterocycles. The summed E-state index contributed by atoms with van der Waals surface area (Å²) in [5.74, 6) is 0.248. The van der Waals surface area contributed by atoms with Gasteiger partial charge in [-0.15, -0.1) is 0 Å². The van der Waals surface area contributed by atoms with E-state index in [9.17, 15) is 19.1 Å². The fourth-order valence-electron chi connectivity index (χ4n) is 5.32. The predicted molar refractivity (Wildman–Crippen MR) is 169 cm³/mol. The smallest absolute Gasteiger partial charge is 0.326 e. The Morgan fingerprint density at radius 2 is 1.78 bits per heavy atom. The van der Waals surface area contributed by atoms with Crippen LogP contribution in [0.5, 0.6) is 23.0 Å². The Labute approximate surface area is 261 Å². The molecule has 2 heterocycles. The zero-order valence-corrected chi connectivity index (χ0v) is 25.4. The number of amides is 3. The van der Waals surface area contributed by atoms with E-state index >= 15 is 0 Å². The Morgan fingerprint density at radius 1 is 1.02 bits per heavy atom. The van der Waals surface area contributed by atoms with Crippen LogP contribution in [0.4, 0.5) is 14.9 Å². The van der Waals surface area contributed by atoms with Gasteiger partial charge in [-0.25, -0.2) is 14.1 Å². The third kappa shape index (κ3) is 7.86. The molecule has 1 fully saturated rings. The average Bonchev–Trinajstić information content (AvgIpc) is 3.63. The molecule has 1 aromatic heterocycles. The van der Waals surface area contributed by atoms with Gasteiger partial charge in [-0.1, -0.05) is 18.2 Å². The van der Waals surface area contributed by atoms with Gasteiger partial charge in [0, 0.05) is 43.8 Å². The van der Waals surface area contributed by atoms with Crippen molar-refractivity contribution in [2.75, 3.05) is 44.9 Å². The summed E-state index contributed by atoms with van der Waals surface area (Å²) in [5, 5.41) is 9.88. The van der Waals surface area contributed by atoms with Crippen molar-refractivity contribution in [3.8, 4) is 34.1 Å². The Bertz CT molecular complexity index is 1640. The SMILES string of the molecule is COc1cc2c(Oc3ccc(N(C(C)=O)C(N)=O)cc3F)ccnc2cc1OCCCN1CCC(CO)CC1.c1cc2cc-2c1. The molecule has 0 saturated carbocycles. The van der Waals surface area contributed by atoms with Crippen LogP contribution in [0.1, 0.15) is 26.2 Å². The van der Waals surface area contributed by atoms with Gasteiger partial charge >= 0.3 is 6.03 Å². The molecule has 3 aromatic rings. The molecule has 45 heavy (non-hydrogen) atoms. The number of anilines is 1. The van der Waals surface area contributed by atoms with Crippen LogP contribution < -0.4 is 24.8 Å². The van der Waals surface area contributed by atoms with Crippen LogP contribution >= 0.6 is 0 Å². The number of carbonyl (C=O) groups excluding carboxylic acids is 2. The summed E-state index contributed by atoms with van der Waals surface area (Å²) in [7, 11) is 1.54. The number of imide groups is 1. The number of primary amides is 1. The molecule has 6 rings (SSSR count). The fraction of sp³-hybridized carbons (Fsp3) is 0.324. The molecule has 236 valence electrons. The maximum Gasteiger partial charge on any atom is 0.326 e. The van der Waals surface area contributed by atoms with Crippen LogP contribution in [0.15, 0.2) is 66.9 Å². The monoisotopic (exact) mass is 616 g/mol. The number of nitrogens with two attached hydrogens (primary N) is 1. The minimum absolute atomic E-state index is 0.00228. The highest BCUT2D eigenvalue weighted by Gasteiger charge is 2.21. The maximum absolute atomic E-state index is 14.9. The summed E-state index contributed by atoms with van der Waals surface area (Å²) in [6, 6.07) is 16.2. The van der Waals surface area contributed by atoms with Crippen LogP contribution in [0, 0.1) is 11.7 Å². The lowest BCUT2D eigenvalue weighted by atomic mass is 9.98. The first kappa shape index (κ1) is 31.7. The molecule has 10 nitrogen and oxygen atoms in total. The number of aromatic nitrogens is 1. The zero-order chi connectivity index (χ0) is 31.9. The number of aliphatic hydroxyl groups is 1. The molecule has 0 spiro atoms. The highest BCUT2D eigenvalue weighted by Crippen LogP contribution is 2.38. The highest BCUT2D eigenvalue weighted by atomic mass is 19.1. The normalized spacial score (nSPS) is 13.9. The molecule has 0 atom stereocenters. The first-order chi connectivity index (χ1) is 21.8. The summed E-state index contributed by atoms with van der Waals surface area (Å²) < 4.78 is 32.3. The predicted octanol–water partition coefficient (Wildman–Crippen LogP) is 5.75. The summed E-state index contributed by atoms with van der Waals surface area (Å²) in [4.78, 5) is 30.7. The van der Waals surface area contributed by atoms with E-state index in [0.717, 1.165) is 51.9 Å². The molecule has 0 unspecified atom stereocenters. The third-order valence-corrected chi connectivity index (χ3v) is 7.87. The van der Waals surface area contributed by atoms with E-state index in [2.05, 4.69) is 34.1 Å². The number of nitrogens with zero attached hydrogens (tertiary/aromatic N) is 3. The Morgan fingerprint density at radius 3 is 2.36 bits per heavy atom. The number of hydrogen-bond acceptors (Lipinski definition) is 8. The average molecular weight is 617 g/mol. The van der Waals surface area contributed by atoms with Crippen molar-refractivity contribution in [3.05, 3.63) is 72.7 Å². The Balaban J connectivity index is 0.000000586. The maximum atomic E-state index is 14.9. The fourth-order valence-corrected chi connectivity index (χ4v) is 5.32. The lowest BCUT2D eigenvalue weighted by molar-refractivity contribution is -0.115. The molecule has 11 heteroatoms. The van der Waals surface area contributed by atoms with Gasteiger partial charge in [-0.2, -0.15) is 0 Å². The number of fused-ring (bicyclic) bond motifs is 2. The van der Waals surface area contributed by atoms with Gasteiger partial charge < -0.3 is 30.0 Å². The molecule has 3 amide bonds. The van der Waals surface area contributed by atoms with Crippen LogP contribution in [0.2, 0.25) is 0 Å². The number of methoxy groups -OCH3 is 1. The number of halogens is 1. The highest BCUT2D eigenvalue weighted by molar-refractivity contribution is 6.12. The van der Waals surface area contributed by atoms with Gasteiger partial charge in [0.05, 0.1) is 24.9 Å². The number of likely N-dealkylation sites (tertiary alicyclic amines) is 1. The molecular formula is C34H37FN4O6. The van der Waals surface area contributed by atoms with E-state index in [1.54, 1.807) is 24.4 Å². The number of hydrogen-bond donors (Lipinski definition) is 2. The molecule has 3 N–H and O–H groups in total. The molecular weight excluding hydrogens is 579 g/mol. The first-order valence-corrected chi connectivity index (χ1v) is 14.9. The van der Waals surface area contributed by atoms with Crippen LogP contribution in [-0.4, -0.2) is 66.9 Å². The van der Waals surface area contributed by atoms with E-state index in [1.807, 2.05) is 0 Å². The lowest BCUT2D eigenvalue weighted by Gasteiger charge is -2.30. The first-order valence-electron chi connectivity index (χ1n) is 14.9. The van der Waals surface area contributed by atoms with E-state index in [4.69, 9.17) is 19.9 Å². The Kier molecular flexibility index (Phi) is 10.1. The van der Waals surface area contributed by atoms with Gasteiger partial charge in [0.15, 0.2) is 23.1 Å². The minimum atomic E-state index is -1.01. The van der Waals surface area contributed by atoms with Crippen LogP contribution in [0.3, 0.4) is 0 Å². The number of carbonyl (C=O) groups is 2. The molecule has 3 aliphatic rings. The standard InChI is InChI=1S/C28H33FN4O6.C6H4/c1-18(35)33(28(30)36)20-4-5-25(22(29)14-20)39-24-6-9-31-23-16-27(26(37-2)15-21(23)24)38-13-3-10-32-11-7-19(17-34)8-12-32;1-2-5-4-6(5)3-1/h4-6,9,14-16,19,34H,3,7-8,10-13,17H2,1-2H3,(H2,30,36);1-4H. The molecule has 0 bridgehead atoms. The molecule has 0 radical (unpaired) electrons. The van der Waals surface area contributed by atoms with Gasteiger partial charge in [0.2, 0.25) is 5.91 Å². The lowest BCUT2D eigenvalue weighted by Crippen LogP contribution is -2.39. The molecule has 2 aliphatic carbocycles. The molecule has 1 aliphatic heterocycles. The van der Waals surface area contributed by atoms with Crippen LogP contribution in [-0.2, 0) is 4.79 Å². The summed E-state index contributed by atoms with van der Waals surface area (Å²) >= 11 is 0. The quantitative estimate of drug-likeness (QED) is 0.190. The summed E-state index contributed by atoms with van der Waals surface area (Å²) in [5.41, 5.74) is 8.66. The topological polar surface area (TPSA) is 127 Å². The van der Waals surface area contributed by atoms with Gasteiger partial charge in [0.25, 0.3) is 0 Å². The van der Waals surface area contributed by atoms with E-state index in [0.29, 0.717) is 45.6 Å². The van der Waals surface area contributed by atoms with Gasteiger partial charge in [0.1, 0.15) is 5.75 Å². The largest absolute Gasteiger partial charge is 0.493 e. The number of pyridine rings is 1. The van der Waals surface area contributed by atoms with Crippen molar-refractivity contribution in [1.82, 2.24) is 9.88 Å². The van der Waals surface area contributed by atoms with E-state index in [-0.39, 0.29) is 18.0 Å². The minimum Gasteiger partial charge on any atom is -0.493 e. The Hall–Kier alpha value is -4.74. The van der Waals surface area contributed by atoms with Crippen molar-refractivity contribution in [2.24, 2.45) is 11.7 Å². The number of ether oxygens (including phenoxy) is 3. The molecule has 2 aromatic carbocycles. The second kappa shape index (κ2) is 14.4. The van der Waals surface area contributed by atoms with Gasteiger partial charge in [-0.05, 0) is 79.7 Å². The number of rotatable bonds is 10. The van der Waals surface area contributed by atoms with Crippen molar-refractivity contribution < 1.29 is 33.3 Å². The summed E-state index contributed by atoms with van der Waals surface area (Å²) in [6.45, 7) is 4.80. The number of aliphatic hydroxyl groups excluding tert-OH is 1. The van der Waals surface area contributed by atoms with Crippen LogP contribution in [0.25, 0.3) is 22.0 Å².